The van der Waals surface area contributed by atoms with Gasteiger partial charge in [0.2, 0.25) is 0 Å². The molecule has 2 amide bonds. The van der Waals surface area contributed by atoms with E-state index in [1.54, 1.807) is 18.2 Å². The minimum Gasteiger partial charge on any atom is -0.487 e. The molecule has 0 atom stereocenters. The Kier molecular flexibility index (Phi) is 7.93. The van der Waals surface area contributed by atoms with Gasteiger partial charge >= 0.3 is 0 Å². The Bertz CT molecular complexity index is 942. The number of thioether (sulfide) groups is 1. The van der Waals surface area contributed by atoms with Gasteiger partial charge in [0, 0.05) is 7.11 Å². The summed E-state index contributed by atoms with van der Waals surface area (Å²) in [7, 11) is 1.53. The number of nitrogens with zero attached hydrogens (tertiary/aromatic N) is 1. The van der Waals surface area contributed by atoms with Gasteiger partial charge in [-0.25, -0.2) is 4.39 Å². The van der Waals surface area contributed by atoms with Gasteiger partial charge in [-0.15, -0.1) is 0 Å². The zero-order valence-electron chi connectivity index (χ0n) is 15.3. The van der Waals surface area contributed by atoms with Gasteiger partial charge in [-0.2, -0.15) is 0 Å². The summed E-state index contributed by atoms with van der Waals surface area (Å²) in [6.45, 7) is 0.870. The van der Waals surface area contributed by atoms with Crippen LogP contribution in [0.3, 0.4) is 0 Å². The summed E-state index contributed by atoms with van der Waals surface area (Å²) in [4.78, 5) is 26.1. The minimum absolute atomic E-state index is 0.240. The molecule has 1 heterocycles. The first-order valence-corrected chi connectivity index (χ1v) is 11.5. The molecule has 1 saturated heterocycles. The molecule has 0 aromatic heterocycles. The van der Waals surface area contributed by atoms with E-state index in [9.17, 15) is 14.0 Å². The molecule has 0 radical (unpaired) electrons. The predicted octanol–water partition coefficient (Wildman–Crippen LogP) is 5.30. The van der Waals surface area contributed by atoms with Crippen molar-refractivity contribution >= 4 is 74.2 Å². The Balaban J connectivity index is 1.75. The maximum Gasteiger partial charge on any atom is 0.293 e. The predicted molar refractivity (Wildman–Crippen MR) is 127 cm³/mol. The summed E-state index contributed by atoms with van der Waals surface area (Å²) >= 11 is 5.27. The van der Waals surface area contributed by atoms with E-state index < -0.39 is 0 Å². The van der Waals surface area contributed by atoms with E-state index in [0.717, 1.165) is 35.8 Å². The standard InChI is InChI=1S/C20H16FI2NO4S/c1-27-7-6-24-19(25)17(29-20(24)26)10-13-8-15(22)18(16(23)9-13)28-11-12-2-4-14(21)5-3-12/h2-5,8-10H,6-7,11H2,1H3/b17-10+. The Morgan fingerprint density at radius 1 is 1.14 bits per heavy atom. The number of imide groups is 1. The molecular formula is C20H16FI2NO4S. The van der Waals surface area contributed by atoms with Crippen molar-refractivity contribution in [2.75, 3.05) is 20.3 Å². The quantitative estimate of drug-likeness (QED) is 0.305. The highest BCUT2D eigenvalue weighted by atomic mass is 127. The van der Waals surface area contributed by atoms with Crippen molar-refractivity contribution in [1.82, 2.24) is 4.90 Å². The maximum absolute atomic E-state index is 13.0. The number of rotatable bonds is 7. The zero-order chi connectivity index (χ0) is 21.0. The molecule has 0 N–H and O–H groups in total. The molecule has 9 heteroatoms. The Labute approximate surface area is 199 Å². The SMILES string of the molecule is COCCN1C(=O)S/C(=C/c2cc(I)c(OCc3ccc(F)cc3)c(I)c2)C1=O. The Morgan fingerprint density at radius 2 is 1.79 bits per heavy atom. The van der Waals surface area contributed by atoms with Crippen molar-refractivity contribution in [3.05, 3.63) is 65.4 Å². The van der Waals surface area contributed by atoms with Crippen LogP contribution in [-0.2, 0) is 16.1 Å². The van der Waals surface area contributed by atoms with E-state index in [0.29, 0.717) is 18.1 Å². The lowest BCUT2D eigenvalue weighted by Crippen LogP contribution is -2.31. The number of hydrogen-bond donors (Lipinski definition) is 0. The molecule has 152 valence electrons. The fourth-order valence-corrected chi connectivity index (χ4v) is 5.56. The van der Waals surface area contributed by atoms with Crippen molar-refractivity contribution in [2.45, 2.75) is 6.61 Å². The first kappa shape index (κ1) is 22.5. The number of amides is 2. The second kappa shape index (κ2) is 10.2. The highest BCUT2D eigenvalue weighted by Gasteiger charge is 2.34. The number of methoxy groups -OCH3 is 1. The highest BCUT2D eigenvalue weighted by molar-refractivity contribution is 14.1. The van der Waals surface area contributed by atoms with Gasteiger partial charge in [-0.3, -0.25) is 14.5 Å². The van der Waals surface area contributed by atoms with Gasteiger partial charge in [-0.05, 0) is 98.4 Å². The summed E-state index contributed by atoms with van der Waals surface area (Å²) in [6, 6.07) is 9.96. The number of benzene rings is 2. The Morgan fingerprint density at radius 3 is 2.41 bits per heavy atom. The second-order valence-corrected chi connectivity index (χ2v) is 9.37. The molecule has 0 aliphatic carbocycles. The highest BCUT2D eigenvalue weighted by Crippen LogP contribution is 2.35. The van der Waals surface area contributed by atoms with Gasteiger partial charge in [0.25, 0.3) is 11.1 Å². The van der Waals surface area contributed by atoms with E-state index in [4.69, 9.17) is 9.47 Å². The molecule has 29 heavy (non-hydrogen) atoms. The van der Waals surface area contributed by atoms with Crippen molar-refractivity contribution in [3.63, 3.8) is 0 Å². The summed E-state index contributed by atoms with van der Waals surface area (Å²) in [6.07, 6.45) is 1.71. The molecule has 2 aromatic carbocycles. The average Bonchev–Trinajstić information content (AvgIpc) is 2.94. The molecule has 3 rings (SSSR count). The second-order valence-electron chi connectivity index (χ2n) is 6.05. The lowest BCUT2D eigenvalue weighted by atomic mass is 10.2. The van der Waals surface area contributed by atoms with Crippen LogP contribution < -0.4 is 4.74 Å². The number of carbonyl (C=O) groups is 2. The normalized spacial score (nSPS) is 15.4. The van der Waals surface area contributed by atoms with E-state index in [2.05, 4.69) is 45.2 Å². The van der Waals surface area contributed by atoms with E-state index in [1.165, 1.54) is 24.1 Å². The summed E-state index contributed by atoms with van der Waals surface area (Å²) in [5.41, 5.74) is 1.68. The van der Waals surface area contributed by atoms with Crippen LogP contribution in [0, 0.1) is 13.0 Å². The minimum atomic E-state index is -0.307. The first-order chi connectivity index (χ1) is 13.9. The average molecular weight is 639 g/mol. The third-order valence-electron chi connectivity index (χ3n) is 4.01. The van der Waals surface area contributed by atoms with Gasteiger partial charge in [0.05, 0.1) is 25.2 Å². The number of ether oxygens (including phenoxy) is 2. The molecular weight excluding hydrogens is 623 g/mol. The first-order valence-electron chi connectivity index (χ1n) is 8.49. The maximum atomic E-state index is 13.0. The van der Waals surface area contributed by atoms with Crippen molar-refractivity contribution in [1.29, 1.82) is 0 Å². The monoisotopic (exact) mass is 639 g/mol. The fourth-order valence-electron chi connectivity index (χ4n) is 2.56. The fraction of sp³-hybridized carbons (Fsp3) is 0.200. The molecule has 1 aliphatic heterocycles. The third kappa shape index (κ3) is 5.70. The van der Waals surface area contributed by atoms with Crippen LogP contribution in [0.15, 0.2) is 41.3 Å². The Hall–Kier alpha value is -1.18. The van der Waals surface area contributed by atoms with Crippen LogP contribution in [-0.4, -0.2) is 36.3 Å². The lowest BCUT2D eigenvalue weighted by Gasteiger charge is -2.12. The van der Waals surface area contributed by atoms with E-state index in [-0.39, 0.29) is 23.5 Å². The summed E-state index contributed by atoms with van der Waals surface area (Å²) < 4.78 is 25.6. The van der Waals surface area contributed by atoms with Crippen LogP contribution in [0.25, 0.3) is 6.08 Å². The van der Waals surface area contributed by atoms with E-state index >= 15 is 0 Å². The van der Waals surface area contributed by atoms with Crippen LogP contribution in [0.1, 0.15) is 11.1 Å². The largest absolute Gasteiger partial charge is 0.487 e. The molecule has 1 aliphatic rings. The smallest absolute Gasteiger partial charge is 0.293 e. The number of halogens is 3. The molecule has 5 nitrogen and oxygen atoms in total. The molecule has 0 spiro atoms. The van der Waals surface area contributed by atoms with Gasteiger partial charge in [0.15, 0.2) is 0 Å². The topological polar surface area (TPSA) is 55.8 Å². The molecule has 1 fully saturated rings. The third-order valence-corrected chi connectivity index (χ3v) is 6.52. The molecule has 0 saturated carbocycles. The lowest BCUT2D eigenvalue weighted by molar-refractivity contribution is -0.123. The summed E-state index contributed by atoms with van der Waals surface area (Å²) in [5.74, 6) is 0.133. The van der Waals surface area contributed by atoms with Crippen LogP contribution in [0.2, 0.25) is 0 Å². The molecule has 0 bridgehead atoms. The van der Waals surface area contributed by atoms with Crippen LogP contribution in [0.4, 0.5) is 9.18 Å². The van der Waals surface area contributed by atoms with Crippen molar-refractivity contribution in [3.8, 4) is 5.75 Å². The zero-order valence-corrected chi connectivity index (χ0v) is 20.4. The number of carbonyl (C=O) groups excluding carboxylic acids is 2. The van der Waals surface area contributed by atoms with E-state index in [1.807, 2.05) is 12.1 Å². The summed E-state index contributed by atoms with van der Waals surface area (Å²) in [5, 5.41) is -0.290. The van der Waals surface area contributed by atoms with Crippen LogP contribution >= 0.6 is 56.9 Å². The number of hydrogen-bond acceptors (Lipinski definition) is 5. The van der Waals surface area contributed by atoms with Gasteiger partial charge in [-0.1, -0.05) is 12.1 Å². The van der Waals surface area contributed by atoms with Crippen molar-refractivity contribution < 1.29 is 23.5 Å². The van der Waals surface area contributed by atoms with Crippen LogP contribution in [0.5, 0.6) is 5.75 Å². The molecule has 2 aromatic rings. The van der Waals surface area contributed by atoms with Gasteiger partial charge in [0.1, 0.15) is 18.2 Å². The van der Waals surface area contributed by atoms with Crippen molar-refractivity contribution in [2.24, 2.45) is 0 Å². The molecule has 0 unspecified atom stereocenters. The van der Waals surface area contributed by atoms with Gasteiger partial charge < -0.3 is 9.47 Å².